The molecule has 118 valence electrons. The van der Waals surface area contributed by atoms with Gasteiger partial charge in [-0.3, -0.25) is 0 Å². The van der Waals surface area contributed by atoms with Gasteiger partial charge in [-0.05, 0) is 54.7 Å². The minimum atomic E-state index is -0.0768. The maximum atomic E-state index is 9.55. The Balaban J connectivity index is 2.42. The van der Waals surface area contributed by atoms with Crippen LogP contribution in [0.5, 0.6) is 11.5 Å². The number of phenols is 1. The van der Waals surface area contributed by atoms with Crippen molar-refractivity contribution in [3.05, 3.63) is 59.7 Å². The van der Waals surface area contributed by atoms with E-state index in [1.54, 1.807) is 12.1 Å². The molecule has 0 aliphatic carbocycles. The first kappa shape index (κ1) is 16.4. The highest BCUT2D eigenvalue weighted by atomic mass is 16.5. The summed E-state index contributed by atoms with van der Waals surface area (Å²) in [6, 6.07) is 16.0. The topological polar surface area (TPSA) is 29.5 Å². The molecule has 0 fully saturated rings. The van der Waals surface area contributed by atoms with Gasteiger partial charge in [-0.25, -0.2) is 0 Å². The van der Waals surface area contributed by atoms with Crippen LogP contribution in [0, 0.1) is 5.92 Å². The van der Waals surface area contributed by atoms with Crippen molar-refractivity contribution in [2.24, 2.45) is 5.92 Å². The molecule has 0 radical (unpaired) electrons. The molecule has 2 aromatic rings. The van der Waals surface area contributed by atoms with Gasteiger partial charge < -0.3 is 9.84 Å². The molecule has 1 unspecified atom stereocenters. The van der Waals surface area contributed by atoms with Gasteiger partial charge in [0.15, 0.2) is 0 Å². The summed E-state index contributed by atoms with van der Waals surface area (Å²) in [4.78, 5) is 0. The molecule has 0 saturated heterocycles. The number of aromatic hydroxyl groups is 1. The van der Waals surface area contributed by atoms with Gasteiger partial charge >= 0.3 is 0 Å². The van der Waals surface area contributed by atoms with Crippen molar-refractivity contribution >= 4 is 0 Å². The van der Waals surface area contributed by atoms with Crippen molar-refractivity contribution in [2.45, 2.75) is 39.5 Å². The first-order chi connectivity index (χ1) is 10.5. The van der Waals surface area contributed by atoms with E-state index in [2.05, 4.69) is 32.9 Å². The van der Waals surface area contributed by atoms with Crippen LogP contribution in [0.2, 0.25) is 0 Å². The highest BCUT2D eigenvalue weighted by molar-refractivity contribution is 5.42. The third-order valence-corrected chi connectivity index (χ3v) is 4.12. The maximum Gasteiger partial charge on any atom is 0.119 e. The lowest BCUT2D eigenvalue weighted by Gasteiger charge is -2.33. The van der Waals surface area contributed by atoms with Gasteiger partial charge in [0.25, 0.3) is 0 Å². The lowest BCUT2D eigenvalue weighted by atomic mass is 9.71. The first-order valence-corrected chi connectivity index (χ1v) is 7.98. The fourth-order valence-corrected chi connectivity index (χ4v) is 3.13. The van der Waals surface area contributed by atoms with E-state index in [4.69, 9.17) is 4.74 Å². The number of hydrogen-bond donors (Lipinski definition) is 1. The molecule has 2 nitrogen and oxygen atoms in total. The van der Waals surface area contributed by atoms with Gasteiger partial charge in [0.1, 0.15) is 11.5 Å². The standard InChI is InChI=1S/C20H26O2/c1-5-22-19-12-8-17(9-13-19)20(4,14-15(2)3)16-6-10-18(21)11-7-16/h6-13,15,21H,5,14H2,1-4H3. The molecule has 2 heteroatoms. The molecular weight excluding hydrogens is 272 g/mol. The predicted molar refractivity (Wildman–Crippen MR) is 91.6 cm³/mol. The van der Waals surface area contributed by atoms with E-state index in [0.29, 0.717) is 18.3 Å². The zero-order valence-electron chi connectivity index (χ0n) is 14.0. The molecule has 0 saturated carbocycles. The number of hydrogen-bond acceptors (Lipinski definition) is 2. The van der Waals surface area contributed by atoms with Crippen molar-refractivity contribution in [2.75, 3.05) is 6.61 Å². The Morgan fingerprint density at radius 1 is 0.955 bits per heavy atom. The fraction of sp³-hybridized carbons (Fsp3) is 0.400. The van der Waals surface area contributed by atoms with E-state index in [0.717, 1.165) is 12.2 Å². The molecule has 0 aromatic heterocycles. The molecule has 1 atom stereocenters. The minimum absolute atomic E-state index is 0.0768. The summed E-state index contributed by atoms with van der Waals surface area (Å²) in [6.07, 6.45) is 1.05. The van der Waals surface area contributed by atoms with Crippen molar-refractivity contribution < 1.29 is 9.84 Å². The van der Waals surface area contributed by atoms with Crippen LogP contribution in [0.3, 0.4) is 0 Å². The zero-order chi connectivity index (χ0) is 16.2. The molecule has 0 bridgehead atoms. The van der Waals surface area contributed by atoms with Crippen molar-refractivity contribution in [1.29, 1.82) is 0 Å². The molecule has 0 amide bonds. The predicted octanol–water partition coefficient (Wildman–Crippen LogP) is 5.14. The summed E-state index contributed by atoms with van der Waals surface area (Å²) in [5.41, 5.74) is 2.42. The first-order valence-electron chi connectivity index (χ1n) is 7.98. The lowest BCUT2D eigenvalue weighted by molar-refractivity contribution is 0.339. The second kappa shape index (κ2) is 6.87. The smallest absolute Gasteiger partial charge is 0.119 e. The maximum absolute atomic E-state index is 9.55. The van der Waals surface area contributed by atoms with Crippen molar-refractivity contribution in [3.8, 4) is 11.5 Å². The largest absolute Gasteiger partial charge is 0.508 e. The summed E-state index contributed by atoms with van der Waals surface area (Å²) in [7, 11) is 0. The van der Waals surface area contributed by atoms with Gasteiger partial charge in [0.2, 0.25) is 0 Å². The van der Waals surface area contributed by atoms with Crippen LogP contribution in [0.25, 0.3) is 0 Å². The third kappa shape index (κ3) is 3.62. The Morgan fingerprint density at radius 3 is 1.91 bits per heavy atom. The third-order valence-electron chi connectivity index (χ3n) is 4.12. The zero-order valence-corrected chi connectivity index (χ0v) is 14.0. The molecule has 2 rings (SSSR count). The molecule has 0 aliphatic rings. The van der Waals surface area contributed by atoms with Gasteiger partial charge in [0.05, 0.1) is 6.61 Å². The van der Waals surface area contributed by atoms with E-state index in [-0.39, 0.29) is 5.41 Å². The summed E-state index contributed by atoms with van der Waals surface area (Å²) in [5, 5.41) is 9.55. The number of benzene rings is 2. The van der Waals surface area contributed by atoms with E-state index in [9.17, 15) is 5.11 Å². The molecule has 1 N–H and O–H groups in total. The van der Waals surface area contributed by atoms with Crippen LogP contribution >= 0.6 is 0 Å². The van der Waals surface area contributed by atoms with E-state index >= 15 is 0 Å². The second-order valence-corrected chi connectivity index (χ2v) is 6.43. The molecule has 0 aliphatic heterocycles. The Hall–Kier alpha value is -1.96. The van der Waals surface area contributed by atoms with E-state index in [1.807, 2.05) is 31.2 Å². The molecule has 0 heterocycles. The molecule has 22 heavy (non-hydrogen) atoms. The van der Waals surface area contributed by atoms with Crippen LogP contribution < -0.4 is 4.74 Å². The quantitative estimate of drug-likeness (QED) is 0.800. The molecule has 2 aromatic carbocycles. The number of rotatable bonds is 6. The van der Waals surface area contributed by atoms with Crippen molar-refractivity contribution in [1.82, 2.24) is 0 Å². The number of phenolic OH excluding ortho intramolecular Hbond substituents is 1. The highest BCUT2D eigenvalue weighted by Crippen LogP contribution is 2.39. The van der Waals surface area contributed by atoms with Crippen LogP contribution in [0.1, 0.15) is 45.2 Å². The number of ether oxygens (including phenoxy) is 1. The Kier molecular flexibility index (Phi) is 5.12. The van der Waals surface area contributed by atoms with Gasteiger partial charge in [-0.1, -0.05) is 45.0 Å². The second-order valence-electron chi connectivity index (χ2n) is 6.43. The normalized spacial score (nSPS) is 13.9. The van der Waals surface area contributed by atoms with Crippen molar-refractivity contribution in [3.63, 3.8) is 0 Å². The highest BCUT2D eigenvalue weighted by Gasteiger charge is 2.29. The SMILES string of the molecule is CCOc1ccc(C(C)(CC(C)C)c2ccc(O)cc2)cc1. The summed E-state index contributed by atoms with van der Waals surface area (Å²) in [6.45, 7) is 9.43. The Labute approximate surface area is 133 Å². The summed E-state index contributed by atoms with van der Waals surface area (Å²) < 4.78 is 5.54. The van der Waals surface area contributed by atoms with Gasteiger partial charge in [0, 0.05) is 5.41 Å². The van der Waals surface area contributed by atoms with Crippen LogP contribution in [-0.4, -0.2) is 11.7 Å². The lowest BCUT2D eigenvalue weighted by Crippen LogP contribution is -2.25. The molecule has 0 spiro atoms. The monoisotopic (exact) mass is 298 g/mol. The Morgan fingerprint density at radius 2 is 1.45 bits per heavy atom. The van der Waals surface area contributed by atoms with Crippen LogP contribution in [0.4, 0.5) is 0 Å². The van der Waals surface area contributed by atoms with Crippen LogP contribution in [-0.2, 0) is 5.41 Å². The van der Waals surface area contributed by atoms with E-state index in [1.165, 1.54) is 11.1 Å². The van der Waals surface area contributed by atoms with E-state index < -0.39 is 0 Å². The van der Waals surface area contributed by atoms with Gasteiger partial charge in [-0.15, -0.1) is 0 Å². The van der Waals surface area contributed by atoms with Crippen LogP contribution in [0.15, 0.2) is 48.5 Å². The molecular formula is C20H26O2. The average molecular weight is 298 g/mol. The minimum Gasteiger partial charge on any atom is -0.508 e. The average Bonchev–Trinajstić information content (AvgIpc) is 2.48. The Bertz CT molecular complexity index is 584. The van der Waals surface area contributed by atoms with Gasteiger partial charge in [-0.2, -0.15) is 0 Å². The summed E-state index contributed by atoms with van der Waals surface area (Å²) >= 11 is 0. The summed E-state index contributed by atoms with van der Waals surface area (Å²) in [5.74, 6) is 1.79. The fourth-order valence-electron chi connectivity index (χ4n) is 3.13.